The van der Waals surface area contributed by atoms with Crippen LogP contribution in [0.3, 0.4) is 0 Å². The average Bonchev–Trinajstić information content (AvgIpc) is 2.40. The van der Waals surface area contributed by atoms with Crippen LogP contribution in [0.4, 0.5) is 4.79 Å². The summed E-state index contributed by atoms with van der Waals surface area (Å²) in [5.41, 5.74) is 0. The zero-order valence-corrected chi connectivity index (χ0v) is 12.9. The van der Waals surface area contributed by atoms with Gasteiger partial charge in [-0.2, -0.15) is 0 Å². The van der Waals surface area contributed by atoms with E-state index in [-0.39, 0.29) is 13.2 Å². The Kier molecular flexibility index (Phi) is 9.75. The molecule has 7 nitrogen and oxygen atoms in total. The van der Waals surface area contributed by atoms with Gasteiger partial charge >= 0.3 is 12.1 Å². The van der Waals surface area contributed by atoms with E-state index in [1.807, 2.05) is 0 Å². The Hall–Kier alpha value is -1.34. The van der Waals surface area contributed by atoms with Crippen molar-refractivity contribution in [3.05, 3.63) is 0 Å². The minimum absolute atomic E-state index is 0.205. The molecule has 0 unspecified atom stereocenters. The maximum atomic E-state index is 12.1. The molecule has 0 spiro atoms. The van der Waals surface area contributed by atoms with Crippen molar-refractivity contribution in [3.63, 3.8) is 0 Å². The zero-order valence-electron chi connectivity index (χ0n) is 12.9. The van der Waals surface area contributed by atoms with Crippen LogP contribution in [0.5, 0.6) is 0 Å². The number of hydrogen-bond donors (Lipinski definition) is 0. The van der Waals surface area contributed by atoms with Gasteiger partial charge in [0.15, 0.2) is 12.3 Å². The highest BCUT2D eigenvalue weighted by atomic mass is 16.7. The van der Waals surface area contributed by atoms with E-state index in [0.717, 1.165) is 4.90 Å². The van der Waals surface area contributed by atoms with E-state index in [9.17, 15) is 9.59 Å². The van der Waals surface area contributed by atoms with Gasteiger partial charge in [-0.3, -0.25) is 4.90 Å². The number of amides is 1. The molecule has 0 aromatic heterocycles. The Morgan fingerprint density at radius 1 is 0.900 bits per heavy atom. The largest absolute Gasteiger partial charge is 0.464 e. The Balaban J connectivity index is 5.11. The van der Waals surface area contributed by atoms with Gasteiger partial charge in [-0.25, -0.2) is 9.59 Å². The molecular weight excluding hydrogens is 266 g/mol. The monoisotopic (exact) mass is 291 g/mol. The molecule has 0 aliphatic heterocycles. The van der Waals surface area contributed by atoms with Gasteiger partial charge in [-0.1, -0.05) is 0 Å². The first-order valence-electron chi connectivity index (χ1n) is 6.82. The minimum atomic E-state index is -1.01. The summed E-state index contributed by atoms with van der Waals surface area (Å²) in [5.74, 6) is -0.588. The lowest BCUT2D eigenvalue weighted by Crippen LogP contribution is -2.52. The molecule has 20 heavy (non-hydrogen) atoms. The summed E-state index contributed by atoms with van der Waals surface area (Å²) in [6, 6.07) is -1.01. The first-order valence-corrected chi connectivity index (χ1v) is 6.82. The van der Waals surface area contributed by atoms with Gasteiger partial charge < -0.3 is 18.9 Å². The molecular formula is C13H25NO6. The molecule has 0 rings (SSSR count). The van der Waals surface area contributed by atoms with Crippen molar-refractivity contribution in [1.82, 2.24) is 4.90 Å². The third-order valence-corrected chi connectivity index (χ3v) is 2.42. The summed E-state index contributed by atoms with van der Waals surface area (Å²) < 4.78 is 20.6. The summed E-state index contributed by atoms with van der Waals surface area (Å²) in [5, 5.41) is 0. The fourth-order valence-corrected chi connectivity index (χ4v) is 1.58. The lowest BCUT2D eigenvalue weighted by atomic mass is 10.2. The fourth-order valence-electron chi connectivity index (χ4n) is 1.58. The van der Waals surface area contributed by atoms with Crippen LogP contribution in [0.2, 0.25) is 0 Å². The van der Waals surface area contributed by atoms with Gasteiger partial charge in [0, 0.05) is 20.3 Å². The molecule has 0 saturated carbocycles. The lowest BCUT2D eigenvalue weighted by molar-refractivity contribution is -0.189. The fraction of sp³-hybridized carbons (Fsp3) is 0.846. The van der Waals surface area contributed by atoms with Crippen molar-refractivity contribution < 1.29 is 28.5 Å². The van der Waals surface area contributed by atoms with Crippen LogP contribution in [0, 0.1) is 0 Å². The maximum absolute atomic E-state index is 12.1. The molecule has 0 saturated heterocycles. The summed E-state index contributed by atoms with van der Waals surface area (Å²) >= 11 is 0. The average molecular weight is 291 g/mol. The van der Waals surface area contributed by atoms with Gasteiger partial charge in [-0.15, -0.1) is 0 Å². The predicted octanol–water partition coefficient (Wildman–Crippen LogP) is 1.41. The number of carbonyl (C=O) groups is 2. The van der Waals surface area contributed by atoms with E-state index < -0.39 is 24.4 Å². The summed E-state index contributed by atoms with van der Waals surface area (Å²) in [4.78, 5) is 25.0. The normalized spacial score (nSPS) is 12.1. The Labute approximate surface area is 120 Å². The van der Waals surface area contributed by atoms with Gasteiger partial charge in [0.2, 0.25) is 0 Å². The Morgan fingerprint density at radius 3 is 1.80 bits per heavy atom. The summed E-state index contributed by atoms with van der Waals surface area (Å²) in [6.07, 6.45) is -1.52. The van der Waals surface area contributed by atoms with Crippen LogP contribution in [0.25, 0.3) is 0 Å². The van der Waals surface area contributed by atoms with Gasteiger partial charge in [-0.05, 0) is 27.7 Å². The van der Waals surface area contributed by atoms with E-state index in [1.54, 1.807) is 27.7 Å². The maximum Gasteiger partial charge on any atom is 0.410 e. The molecule has 0 heterocycles. The number of esters is 1. The van der Waals surface area contributed by atoms with Crippen LogP contribution in [0.15, 0.2) is 0 Å². The van der Waals surface area contributed by atoms with Crippen molar-refractivity contribution in [3.8, 4) is 0 Å². The van der Waals surface area contributed by atoms with Crippen molar-refractivity contribution in [2.75, 3.05) is 33.5 Å². The molecule has 0 aliphatic rings. The highest BCUT2D eigenvalue weighted by Crippen LogP contribution is 2.12. The highest BCUT2D eigenvalue weighted by molar-refractivity contribution is 5.81. The Morgan fingerprint density at radius 2 is 1.40 bits per heavy atom. The Bertz CT molecular complexity index is 291. The predicted molar refractivity (Wildman–Crippen MR) is 72.2 cm³/mol. The second kappa shape index (κ2) is 10.4. The number of hydrogen-bond acceptors (Lipinski definition) is 6. The van der Waals surface area contributed by atoms with E-state index in [2.05, 4.69) is 0 Å². The second-order valence-electron chi connectivity index (χ2n) is 3.79. The molecule has 1 amide bonds. The van der Waals surface area contributed by atoms with E-state index >= 15 is 0 Å². The number of nitrogens with zero attached hydrogens (tertiary/aromatic N) is 1. The van der Waals surface area contributed by atoms with Crippen molar-refractivity contribution in [2.24, 2.45) is 0 Å². The van der Waals surface area contributed by atoms with E-state index in [1.165, 1.54) is 7.05 Å². The molecule has 0 fully saturated rings. The zero-order chi connectivity index (χ0) is 15.5. The molecule has 0 N–H and O–H groups in total. The molecule has 0 aromatic carbocycles. The number of carbonyl (C=O) groups excluding carboxylic acids is 2. The third-order valence-electron chi connectivity index (χ3n) is 2.42. The molecule has 0 radical (unpaired) electrons. The SMILES string of the molecule is CCOC(=O)[C@H](C(OCC)OCC)N(C)C(=O)OCC. The molecule has 0 aromatic rings. The van der Waals surface area contributed by atoms with Gasteiger partial charge in [0.25, 0.3) is 0 Å². The van der Waals surface area contributed by atoms with Crippen LogP contribution < -0.4 is 0 Å². The topological polar surface area (TPSA) is 74.3 Å². The standard InChI is InChI=1S/C13H25NO6/c1-6-17-11(15)10(12(18-7-2)19-8-3)14(5)13(16)20-9-4/h10,12H,6-9H2,1-5H3/t10-/m1/s1. The lowest BCUT2D eigenvalue weighted by Gasteiger charge is -2.31. The quantitative estimate of drug-likeness (QED) is 0.472. The van der Waals surface area contributed by atoms with E-state index in [0.29, 0.717) is 13.2 Å². The first-order chi connectivity index (χ1) is 9.53. The van der Waals surface area contributed by atoms with E-state index in [4.69, 9.17) is 18.9 Å². The molecule has 7 heteroatoms. The molecule has 1 atom stereocenters. The molecule has 0 bridgehead atoms. The number of rotatable bonds is 9. The second-order valence-corrected chi connectivity index (χ2v) is 3.79. The molecule has 0 aliphatic carbocycles. The highest BCUT2D eigenvalue weighted by Gasteiger charge is 2.37. The number of ether oxygens (including phenoxy) is 4. The first kappa shape index (κ1) is 18.7. The smallest absolute Gasteiger partial charge is 0.410 e. The van der Waals surface area contributed by atoms with Crippen LogP contribution in [0.1, 0.15) is 27.7 Å². The third kappa shape index (κ3) is 5.75. The molecule has 118 valence electrons. The van der Waals surface area contributed by atoms with Crippen molar-refractivity contribution in [2.45, 2.75) is 40.0 Å². The minimum Gasteiger partial charge on any atom is -0.464 e. The van der Waals surface area contributed by atoms with Crippen LogP contribution in [-0.4, -0.2) is 62.8 Å². The van der Waals surface area contributed by atoms with Crippen LogP contribution >= 0.6 is 0 Å². The van der Waals surface area contributed by atoms with Gasteiger partial charge in [0.05, 0.1) is 13.2 Å². The summed E-state index contributed by atoms with van der Waals surface area (Å²) in [7, 11) is 1.45. The van der Waals surface area contributed by atoms with Crippen LogP contribution in [-0.2, 0) is 23.7 Å². The van der Waals surface area contributed by atoms with Crippen molar-refractivity contribution >= 4 is 12.1 Å². The summed E-state index contributed by atoms with van der Waals surface area (Å²) in [6.45, 7) is 8.04. The van der Waals surface area contributed by atoms with Gasteiger partial charge in [0.1, 0.15) is 0 Å². The van der Waals surface area contributed by atoms with Crippen molar-refractivity contribution in [1.29, 1.82) is 0 Å². The number of likely N-dealkylation sites (N-methyl/N-ethyl adjacent to an activating group) is 1.